The first-order chi connectivity index (χ1) is 8.09. The summed E-state index contributed by atoms with van der Waals surface area (Å²) in [5.74, 6) is -0.322. The van der Waals surface area contributed by atoms with Gasteiger partial charge in [-0.05, 0) is 12.1 Å². The van der Waals surface area contributed by atoms with Gasteiger partial charge in [0.2, 0.25) is 5.91 Å². The molecule has 0 unspecified atom stereocenters. The molecule has 0 spiro atoms. The van der Waals surface area contributed by atoms with Crippen molar-refractivity contribution in [3.8, 4) is 0 Å². The summed E-state index contributed by atoms with van der Waals surface area (Å²) >= 11 is 5.92. The lowest BCUT2D eigenvalue weighted by atomic mass is 10.0. The van der Waals surface area contributed by atoms with E-state index in [1.807, 2.05) is 0 Å². The Hall–Kier alpha value is -0.840. The van der Waals surface area contributed by atoms with Crippen LogP contribution in [0.2, 0.25) is 5.02 Å². The molecule has 1 fully saturated rings. The Bertz CT molecular complexity index is 418. The minimum Gasteiger partial charge on any atom is -0.341 e. The Morgan fingerprint density at radius 2 is 2.22 bits per heavy atom. The van der Waals surface area contributed by atoms with E-state index >= 15 is 0 Å². The number of carbonyl (C=O) groups excluding carboxylic acids is 1. The van der Waals surface area contributed by atoms with Gasteiger partial charge in [0.25, 0.3) is 0 Å². The van der Waals surface area contributed by atoms with Gasteiger partial charge in [-0.3, -0.25) is 4.79 Å². The summed E-state index contributed by atoms with van der Waals surface area (Å²) in [6, 6.07) is 4.53. The number of amides is 1. The smallest absolute Gasteiger partial charge is 0.228 e. The first-order valence-electron chi connectivity index (χ1n) is 5.48. The van der Waals surface area contributed by atoms with E-state index in [1.54, 1.807) is 19.2 Å². The van der Waals surface area contributed by atoms with Crippen LogP contribution in [0.3, 0.4) is 0 Å². The third-order valence-corrected chi connectivity index (χ3v) is 3.32. The zero-order valence-electron chi connectivity index (χ0n) is 9.95. The van der Waals surface area contributed by atoms with Gasteiger partial charge in [0.05, 0.1) is 5.92 Å². The molecule has 1 aromatic rings. The van der Waals surface area contributed by atoms with Gasteiger partial charge in [-0.15, -0.1) is 12.4 Å². The molecule has 1 aliphatic heterocycles. The zero-order valence-corrected chi connectivity index (χ0v) is 11.5. The van der Waals surface area contributed by atoms with E-state index < -0.39 is 0 Å². The van der Waals surface area contributed by atoms with E-state index in [2.05, 4.69) is 5.32 Å². The molecule has 0 bridgehead atoms. The van der Waals surface area contributed by atoms with Gasteiger partial charge in [-0.25, -0.2) is 4.39 Å². The maximum Gasteiger partial charge on any atom is 0.228 e. The number of nitrogens with one attached hydrogen (secondary N) is 1. The molecule has 1 amide bonds. The molecule has 0 aliphatic carbocycles. The van der Waals surface area contributed by atoms with Gasteiger partial charge in [-0.1, -0.05) is 17.7 Å². The first kappa shape index (κ1) is 15.2. The van der Waals surface area contributed by atoms with Crippen LogP contribution in [0.4, 0.5) is 4.39 Å². The number of nitrogens with zero attached hydrogens (tertiary/aromatic N) is 1. The van der Waals surface area contributed by atoms with Crippen molar-refractivity contribution in [3.05, 3.63) is 34.6 Å². The van der Waals surface area contributed by atoms with E-state index in [0.717, 1.165) is 0 Å². The molecule has 1 N–H and O–H groups in total. The molecule has 1 aromatic carbocycles. The second-order valence-corrected chi connectivity index (χ2v) is 4.66. The summed E-state index contributed by atoms with van der Waals surface area (Å²) < 4.78 is 13.5. The largest absolute Gasteiger partial charge is 0.341 e. The highest BCUT2D eigenvalue weighted by Gasteiger charge is 2.28. The van der Waals surface area contributed by atoms with Gasteiger partial charge in [0.1, 0.15) is 5.82 Å². The van der Waals surface area contributed by atoms with Crippen LogP contribution in [-0.2, 0) is 11.3 Å². The van der Waals surface area contributed by atoms with Gasteiger partial charge in [-0.2, -0.15) is 0 Å². The highest BCUT2D eigenvalue weighted by Crippen LogP contribution is 2.21. The highest BCUT2D eigenvalue weighted by atomic mass is 35.5. The van der Waals surface area contributed by atoms with E-state index in [1.165, 1.54) is 11.0 Å². The third kappa shape index (κ3) is 3.13. The summed E-state index contributed by atoms with van der Waals surface area (Å²) in [6.45, 7) is 1.61. The number of carbonyl (C=O) groups is 1. The van der Waals surface area contributed by atoms with Crippen LogP contribution < -0.4 is 5.32 Å². The molecule has 2 rings (SSSR count). The Morgan fingerprint density at radius 1 is 1.56 bits per heavy atom. The van der Waals surface area contributed by atoms with Crippen LogP contribution >= 0.6 is 24.0 Å². The number of benzene rings is 1. The van der Waals surface area contributed by atoms with Crippen molar-refractivity contribution in [1.82, 2.24) is 10.2 Å². The lowest BCUT2D eigenvalue weighted by Gasteiger charge is -2.30. The molecule has 0 radical (unpaired) electrons. The van der Waals surface area contributed by atoms with Gasteiger partial charge < -0.3 is 10.2 Å². The molecule has 1 heterocycles. The predicted octanol–water partition coefficient (Wildman–Crippen LogP) is 2.08. The van der Waals surface area contributed by atoms with Crippen molar-refractivity contribution >= 4 is 29.9 Å². The molecule has 3 nitrogen and oxygen atoms in total. The van der Waals surface area contributed by atoms with Crippen molar-refractivity contribution < 1.29 is 9.18 Å². The van der Waals surface area contributed by atoms with E-state index in [-0.39, 0.29) is 36.6 Å². The number of hydrogen-bond donors (Lipinski definition) is 1. The fourth-order valence-corrected chi connectivity index (χ4v) is 2.00. The summed E-state index contributed by atoms with van der Waals surface area (Å²) in [5, 5.41) is 3.39. The minimum atomic E-state index is -0.371. The van der Waals surface area contributed by atoms with E-state index in [0.29, 0.717) is 23.7 Å². The minimum absolute atomic E-state index is 0. The highest BCUT2D eigenvalue weighted by molar-refractivity contribution is 6.31. The van der Waals surface area contributed by atoms with Crippen molar-refractivity contribution in [2.45, 2.75) is 6.54 Å². The lowest BCUT2D eigenvalue weighted by molar-refractivity contribution is -0.136. The van der Waals surface area contributed by atoms with Crippen LogP contribution in [0.25, 0.3) is 0 Å². The quantitative estimate of drug-likeness (QED) is 0.925. The van der Waals surface area contributed by atoms with Gasteiger partial charge in [0, 0.05) is 37.3 Å². The molecular formula is C12H15Cl2FN2O. The van der Waals surface area contributed by atoms with Crippen molar-refractivity contribution in [2.75, 3.05) is 20.1 Å². The average molecular weight is 293 g/mol. The molecule has 0 aromatic heterocycles. The van der Waals surface area contributed by atoms with Crippen LogP contribution in [0.5, 0.6) is 0 Å². The zero-order chi connectivity index (χ0) is 12.4. The maximum absolute atomic E-state index is 13.5. The van der Waals surface area contributed by atoms with Crippen LogP contribution in [-0.4, -0.2) is 30.9 Å². The average Bonchev–Trinajstić information content (AvgIpc) is 2.21. The van der Waals surface area contributed by atoms with Crippen molar-refractivity contribution in [2.24, 2.45) is 5.92 Å². The molecule has 100 valence electrons. The van der Waals surface area contributed by atoms with Crippen LogP contribution in [0.15, 0.2) is 18.2 Å². The van der Waals surface area contributed by atoms with Crippen molar-refractivity contribution in [3.63, 3.8) is 0 Å². The van der Waals surface area contributed by atoms with Crippen molar-refractivity contribution in [1.29, 1.82) is 0 Å². The fourth-order valence-electron chi connectivity index (χ4n) is 1.77. The molecule has 6 heteroatoms. The third-order valence-electron chi connectivity index (χ3n) is 2.96. The fraction of sp³-hybridized carbons (Fsp3) is 0.417. The molecule has 18 heavy (non-hydrogen) atoms. The number of halogens is 3. The maximum atomic E-state index is 13.5. The first-order valence-corrected chi connectivity index (χ1v) is 5.86. The lowest BCUT2D eigenvalue weighted by Crippen LogP contribution is -2.51. The predicted molar refractivity (Wildman–Crippen MR) is 71.5 cm³/mol. The Morgan fingerprint density at radius 3 is 2.72 bits per heavy atom. The van der Waals surface area contributed by atoms with E-state index in [9.17, 15) is 9.18 Å². The van der Waals surface area contributed by atoms with Crippen LogP contribution in [0, 0.1) is 11.7 Å². The molecular weight excluding hydrogens is 278 g/mol. The van der Waals surface area contributed by atoms with Crippen LogP contribution in [0.1, 0.15) is 5.56 Å². The number of hydrogen-bond acceptors (Lipinski definition) is 2. The molecule has 1 aliphatic rings. The van der Waals surface area contributed by atoms with E-state index in [4.69, 9.17) is 11.6 Å². The molecule has 0 saturated carbocycles. The Balaban J connectivity index is 0.00000162. The SMILES string of the molecule is CN(Cc1c(F)cccc1Cl)C(=O)C1CNC1.Cl. The Kier molecular flexibility index (Phi) is 5.38. The number of rotatable bonds is 3. The molecule has 0 atom stereocenters. The standard InChI is InChI=1S/C12H14ClFN2O.ClH/c1-16(12(17)8-5-15-6-8)7-9-10(13)3-2-4-11(9)14;/h2-4,8,15H,5-7H2,1H3;1H. The second kappa shape index (κ2) is 6.36. The van der Waals surface area contributed by atoms with Gasteiger partial charge in [0.15, 0.2) is 0 Å². The van der Waals surface area contributed by atoms with Gasteiger partial charge >= 0.3 is 0 Å². The summed E-state index contributed by atoms with van der Waals surface area (Å²) in [5.41, 5.74) is 0.372. The summed E-state index contributed by atoms with van der Waals surface area (Å²) in [4.78, 5) is 13.4. The Labute approximate surface area is 117 Å². The topological polar surface area (TPSA) is 32.3 Å². The summed E-state index contributed by atoms with van der Waals surface area (Å²) in [7, 11) is 1.67. The summed E-state index contributed by atoms with van der Waals surface area (Å²) in [6.07, 6.45) is 0. The normalized spacial score (nSPS) is 14.6. The molecule has 1 saturated heterocycles. The second-order valence-electron chi connectivity index (χ2n) is 4.25. The monoisotopic (exact) mass is 292 g/mol.